The normalized spacial score (nSPS) is 14.4. The number of nitrogens with one attached hydrogen (secondary N) is 2. The van der Waals surface area contributed by atoms with Gasteiger partial charge in [-0.15, -0.1) is 0 Å². The standard InChI is InChI=1S/C11H10ClFN2O4/c12-9(13)11(17)15-14-10(16)6-1-2-7-8(5-6)19-4-3-18-7/h1-2,5,9H,3-4H2,(H,14,16)(H,15,17). The molecule has 0 aromatic heterocycles. The van der Waals surface area contributed by atoms with Crippen LogP contribution in [0.1, 0.15) is 10.4 Å². The van der Waals surface area contributed by atoms with Gasteiger partial charge in [-0.2, -0.15) is 0 Å². The van der Waals surface area contributed by atoms with Crippen LogP contribution in [0.2, 0.25) is 0 Å². The Bertz CT molecular complexity index is 509. The summed E-state index contributed by atoms with van der Waals surface area (Å²) in [7, 11) is 0. The van der Waals surface area contributed by atoms with E-state index in [4.69, 9.17) is 21.1 Å². The number of hydrazine groups is 1. The minimum atomic E-state index is -2.22. The number of benzene rings is 1. The van der Waals surface area contributed by atoms with E-state index in [1.807, 2.05) is 10.9 Å². The highest BCUT2D eigenvalue weighted by Crippen LogP contribution is 2.30. The van der Waals surface area contributed by atoms with Crippen molar-refractivity contribution in [2.75, 3.05) is 13.2 Å². The molecule has 1 atom stereocenters. The third-order valence-corrected chi connectivity index (χ3v) is 2.50. The summed E-state index contributed by atoms with van der Waals surface area (Å²) in [6, 6.07) is 4.52. The van der Waals surface area contributed by atoms with Gasteiger partial charge in [-0.3, -0.25) is 20.4 Å². The molecule has 1 heterocycles. The molecule has 0 saturated heterocycles. The molecule has 0 saturated carbocycles. The Morgan fingerprint density at radius 1 is 1.21 bits per heavy atom. The van der Waals surface area contributed by atoms with E-state index in [2.05, 4.69) is 0 Å². The average Bonchev–Trinajstić information content (AvgIpc) is 2.43. The van der Waals surface area contributed by atoms with Gasteiger partial charge in [-0.05, 0) is 18.2 Å². The molecule has 2 rings (SSSR count). The van der Waals surface area contributed by atoms with Gasteiger partial charge in [0.15, 0.2) is 11.5 Å². The maximum absolute atomic E-state index is 12.3. The first kappa shape index (κ1) is 13.4. The molecule has 0 aliphatic carbocycles. The molecular weight excluding hydrogens is 279 g/mol. The topological polar surface area (TPSA) is 76.7 Å². The highest BCUT2D eigenvalue weighted by atomic mass is 35.5. The van der Waals surface area contributed by atoms with E-state index in [9.17, 15) is 14.0 Å². The molecular formula is C11H10ClFN2O4. The second kappa shape index (κ2) is 5.75. The fraction of sp³-hybridized carbons (Fsp3) is 0.273. The first-order valence-corrected chi connectivity index (χ1v) is 5.79. The summed E-state index contributed by atoms with van der Waals surface area (Å²) >= 11 is 4.89. The predicted octanol–water partition coefficient (Wildman–Crippen LogP) is 0.753. The molecule has 2 N–H and O–H groups in total. The van der Waals surface area contributed by atoms with Crippen LogP contribution in [0.5, 0.6) is 11.5 Å². The van der Waals surface area contributed by atoms with Gasteiger partial charge < -0.3 is 9.47 Å². The fourth-order valence-corrected chi connectivity index (χ4v) is 1.48. The summed E-state index contributed by atoms with van der Waals surface area (Å²) in [6.45, 7) is 0.840. The van der Waals surface area contributed by atoms with E-state index in [0.717, 1.165) is 0 Å². The van der Waals surface area contributed by atoms with Crippen LogP contribution in [-0.2, 0) is 4.79 Å². The Kier molecular flexibility index (Phi) is 4.06. The van der Waals surface area contributed by atoms with Crippen LogP contribution in [-0.4, -0.2) is 30.7 Å². The number of rotatable bonds is 2. The molecule has 102 valence electrons. The molecule has 19 heavy (non-hydrogen) atoms. The minimum absolute atomic E-state index is 0.231. The Morgan fingerprint density at radius 3 is 2.58 bits per heavy atom. The largest absolute Gasteiger partial charge is 0.486 e. The van der Waals surface area contributed by atoms with Crippen molar-refractivity contribution in [1.29, 1.82) is 0 Å². The highest BCUT2D eigenvalue weighted by Gasteiger charge is 2.17. The van der Waals surface area contributed by atoms with E-state index in [-0.39, 0.29) is 5.56 Å². The van der Waals surface area contributed by atoms with Gasteiger partial charge in [0.1, 0.15) is 13.2 Å². The van der Waals surface area contributed by atoms with Crippen molar-refractivity contribution in [2.24, 2.45) is 0 Å². The first-order chi connectivity index (χ1) is 9.08. The third-order valence-electron chi connectivity index (χ3n) is 2.30. The highest BCUT2D eigenvalue weighted by molar-refractivity contribution is 6.29. The number of halogens is 2. The lowest BCUT2D eigenvalue weighted by Gasteiger charge is -2.18. The second-order valence-electron chi connectivity index (χ2n) is 3.60. The van der Waals surface area contributed by atoms with Crippen LogP contribution < -0.4 is 20.3 Å². The van der Waals surface area contributed by atoms with Crippen molar-refractivity contribution in [3.05, 3.63) is 23.8 Å². The van der Waals surface area contributed by atoms with Crippen LogP contribution >= 0.6 is 11.6 Å². The number of hydrogen-bond donors (Lipinski definition) is 2. The van der Waals surface area contributed by atoms with Crippen LogP contribution in [0.25, 0.3) is 0 Å². The monoisotopic (exact) mass is 288 g/mol. The van der Waals surface area contributed by atoms with Crippen molar-refractivity contribution < 1.29 is 23.5 Å². The Labute approximate surface area is 112 Å². The van der Waals surface area contributed by atoms with Gasteiger partial charge in [0, 0.05) is 5.56 Å². The molecule has 0 spiro atoms. The molecule has 1 unspecified atom stereocenters. The number of fused-ring (bicyclic) bond motifs is 1. The van der Waals surface area contributed by atoms with E-state index >= 15 is 0 Å². The van der Waals surface area contributed by atoms with Gasteiger partial charge in [-0.1, -0.05) is 11.6 Å². The van der Waals surface area contributed by atoms with E-state index < -0.39 is 17.4 Å². The van der Waals surface area contributed by atoms with Crippen molar-refractivity contribution in [3.8, 4) is 11.5 Å². The molecule has 8 heteroatoms. The number of hydrogen-bond acceptors (Lipinski definition) is 4. The van der Waals surface area contributed by atoms with Gasteiger partial charge >= 0.3 is 0 Å². The average molecular weight is 289 g/mol. The molecule has 0 bridgehead atoms. The Morgan fingerprint density at radius 2 is 1.89 bits per heavy atom. The van der Waals surface area contributed by atoms with E-state index in [1.54, 1.807) is 6.07 Å². The zero-order chi connectivity index (χ0) is 13.8. The lowest BCUT2D eigenvalue weighted by molar-refractivity contribution is -0.124. The van der Waals surface area contributed by atoms with E-state index in [0.29, 0.717) is 24.7 Å². The lowest BCUT2D eigenvalue weighted by Crippen LogP contribution is -2.44. The molecule has 6 nitrogen and oxygen atoms in total. The Balaban J connectivity index is 2.01. The molecule has 0 fully saturated rings. The fourth-order valence-electron chi connectivity index (χ4n) is 1.43. The van der Waals surface area contributed by atoms with Gasteiger partial charge in [0.2, 0.25) is 0 Å². The zero-order valence-corrected chi connectivity index (χ0v) is 10.4. The number of alkyl halides is 2. The lowest BCUT2D eigenvalue weighted by atomic mass is 10.2. The molecule has 0 radical (unpaired) electrons. The summed E-state index contributed by atoms with van der Waals surface area (Å²) in [5.74, 6) is -0.794. The summed E-state index contributed by atoms with van der Waals surface area (Å²) in [6.07, 6.45) is 0. The van der Waals surface area contributed by atoms with E-state index in [1.165, 1.54) is 12.1 Å². The summed E-state index contributed by atoms with van der Waals surface area (Å²) in [5, 5.41) is 0. The quantitative estimate of drug-likeness (QED) is 0.622. The van der Waals surface area contributed by atoms with Crippen LogP contribution in [0.15, 0.2) is 18.2 Å². The smallest absolute Gasteiger partial charge is 0.288 e. The number of carbonyl (C=O) groups is 2. The van der Waals surface area contributed by atoms with Crippen molar-refractivity contribution >= 4 is 23.4 Å². The number of ether oxygens (including phenoxy) is 2. The van der Waals surface area contributed by atoms with Crippen molar-refractivity contribution in [1.82, 2.24) is 10.9 Å². The number of carbonyl (C=O) groups excluding carboxylic acids is 2. The molecule has 2 amide bonds. The van der Waals surface area contributed by atoms with Crippen molar-refractivity contribution in [3.63, 3.8) is 0 Å². The van der Waals surface area contributed by atoms with Gasteiger partial charge in [0.05, 0.1) is 0 Å². The molecule has 1 aliphatic heterocycles. The third kappa shape index (κ3) is 3.25. The maximum Gasteiger partial charge on any atom is 0.288 e. The first-order valence-electron chi connectivity index (χ1n) is 5.36. The molecule has 1 aromatic rings. The minimum Gasteiger partial charge on any atom is -0.486 e. The predicted molar refractivity (Wildman–Crippen MR) is 63.8 cm³/mol. The summed E-state index contributed by atoms with van der Waals surface area (Å²) in [4.78, 5) is 22.5. The van der Waals surface area contributed by atoms with Crippen LogP contribution in [0.4, 0.5) is 4.39 Å². The summed E-state index contributed by atoms with van der Waals surface area (Å²) in [5.41, 5.74) is 1.88. The van der Waals surface area contributed by atoms with Gasteiger partial charge in [0.25, 0.3) is 17.4 Å². The molecule has 1 aliphatic rings. The number of amides is 2. The van der Waals surface area contributed by atoms with Crippen LogP contribution in [0.3, 0.4) is 0 Å². The summed E-state index contributed by atoms with van der Waals surface area (Å²) < 4.78 is 22.9. The Hall–Kier alpha value is -2.02. The second-order valence-corrected chi connectivity index (χ2v) is 3.99. The van der Waals surface area contributed by atoms with Gasteiger partial charge in [-0.25, -0.2) is 4.39 Å². The van der Waals surface area contributed by atoms with Crippen LogP contribution in [0, 0.1) is 0 Å². The zero-order valence-electron chi connectivity index (χ0n) is 9.61. The SMILES string of the molecule is O=C(NNC(=O)C(F)Cl)c1ccc2c(c1)OCCO2. The molecule has 1 aromatic carbocycles. The maximum atomic E-state index is 12.3. The van der Waals surface area contributed by atoms with Crippen molar-refractivity contribution in [2.45, 2.75) is 5.63 Å².